The topological polar surface area (TPSA) is 58.4 Å². The fourth-order valence-electron chi connectivity index (χ4n) is 2.87. The maximum absolute atomic E-state index is 12.1. The lowest BCUT2D eigenvalue weighted by atomic mass is 10.00. The Morgan fingerprint density at radius 2 is 2.19 bits per heavy atom. The number of nitrogens with zero attached hydrogens (tertiary/aromatic N) is 1. The molecular weight excluding hydrogens is 262 g/mol. The zero-order valence-electron chi connectivity index (χ0n) is 13.3. The van der Waals surface area contributed by atoms with Crippen molar-refractivity contribution >= 4 is 17.3 Å². The molecule has 1 aliphatic carbocycles. The van der Waals surface area contributed by atoms with E-state index in [1.807, 2.05) is 18.2 Å². The van der Waals surface area contributed by atoms with Gasteiger partial charge in [-0.1, -0.05) is 12.5 Å². The number of nitrogens with two attached hydrogens (primary N) is 1. The quantitative estimate of drug-likeness (QED) is 0.876. The molecule has 0 spiro atoms. The SMILES string of the molecule is CC(C)N(C)c1cccc(NC(=O)C[C@@H]2CCC[C@H]2N)c1. The number of hydrogen-bond donors (Lipinski definition) is 2. The van der Waals surface area contributed by atoms with Gasteiger partial charge in [0.25, 0.3) is 0 Å². The van der Waals surface area contributed by atoms with Crippen LogP contribution in [0.3, 0.4) is 0 Å². The summed E-state index contributed by atoms with van der Waals surface area (Å²) < 4.78 is 0. The first-order valence-electron chi connectivity index (χ1n) is 7.85. The number of anilines is 2. The van der Waals surface area contributed by atoms with E-state index in [-0.39, 0.29) is 11.9 Å². The van der Waals surface area contributed by atoms with Crippen LogP contribution in [-0.4, -0.2) is 25.0 Å². The molecule has 0 saturated heterocycles. The number of hydrogen-bond acceptors (Lipinski definition) is 3. The van der Waals surface area contributed by atoms with Crippen molar-refractivity contribution in [3.63, 3.8) is 0 Å². The smallest absolute Gasteiger partial charge is 0.224 e. The highest BCUT2D eigenvalue weighted by molar-refractivity contribution is 5.91. The van der Waals surface area contributed by atoms with Gasteiger partial charge in [-0.2, -0.15) is 0 Å². The summed E-state index contributed by atoms with van der Waals surface area (Å²) in [4.78, 5) is 14.3. The van der Waals surface area contributed by atoms with Crippen LogP contribution in [0.4, 0.5) is 11.4 Å². The molecule has 0 bridgehead atoms. The minimum absolute atomic E-state index is 0.0710. The van der Waals surface area contributed by atoms with Crippen LogP contribution in [-0.2, 0) is 4.79 Å². The molecular formula is C17H27N3O. The van der Waals surface area contributed by atoms with Crippen LogP contribution in [0, 0.1) is 5.92 Å². The first-order chi connectivity index (χ1) is 9.97. The summed E-state index contributed by atoms with van der Waals surface area (Å²) in [5, 5.41) is 3.00. The lowest BCUT2D eigenvalue weighted by Gasteiger charge is -2.24. The monoisotopic (exact) mass is 289 g/mol. The number of carbonyl (C=O) groups excluding carboxylic acids is 1. The van der Waals surface area contributed by atoms with Crippen LogP contribution < -0.4 is 16.0 Å². The van der Waals surface area contributed by atoms with Crippen LogP contribution in [0.5, 0.6) is 0 Å². The molecule has 0 heterocycles. The number of nitrogens with one attached hydrogen (secondary N) is 1. The summed E-state index contributed by atoms with van der Waals surface area (Å²) >= 11 is 0. The molecule has 21 heavy (non-hydrogen) atoms. The first-order valence-corrected chi connectivity index (χ1v) is 7.85. The van der Waals surface area contributed by atoms with E-state index >= 15 is 0 Å². The van der Waals surface area contributed by atoms with Crippen molar-refractivity contribution in [3.05, 3.63) is 24.3 Å². The molecule has 1 amide bonds. The zero-order chi connectivity index (χ0) is 15.4. The lowest BCUT2D eigenvalue weighted by molar-refractivity contribution is -0.117. The van der Waals surface area contributed by atoms with E-state index in [0.29, 0.717) is 18.4 Å². The van der Waals surface area contributed by atoms with E-state index in [1.54, 1.807) is 0 Å². The van der Waals surface area contributed by atoms with Gasteiger partial charge in [0, 0.05) is 36.9 Å². The summed E-state index contributed by atoms with van der Waals surface area (Å²) in [6.45, 7) is 4.29. The molecule has 0 unspecified atom stereocenters. The van der Waals surface area contributed by atoms with Crippen molar-refractivity contribution in [3.8, 4) is 0 Å². The molecule has 4 nitrogen and oxygen atoms in total. The van der Waals surface area contributed by atoms with Crippen LogP contribution in [0.15, 0.2) is 24.3 Å². The van der Waals surface area contributed by atoms with E-state index in [4.69, 9.17) is 5.73 Å². The average molecular weight is 289 g/mol. The minimum Gasteiger partial charge on any atom is -0.372 e. The average Bonchev–Trinajstić information content (AvgIpc) is 2.83. The molecule has 1 aromatic carbocycles. The fraction of sp³-hybridized carbons (Fsp3) is 0.588. The summed E-state index contributed by atoms with van der Waals surface area (Å²) in [6, 6.07) is 8.60. The van der Waals surface area contributed by atoms with Gasteiger partial charge in [-0.05, 0) is 50.8 Å². The van der Waals surface area contributed by atoms with E-state index < -0.39 is 0 Å². The molecule has 1 aromatic rings. The van der Waals surface area contributed by atoms with E-state index in [0.717, 1.165) is 30.6 Å². The largest absolute Gasteiger partial charge is 0.372 e. The van der Waals surface area contributed by atoms with Crippen LogP contribution >= 0.6 is 0 Å². The standard InChI is InChI=1S/C17H27N3O/c1-12(2)20(3)15-8-5-7-14(11-15)19-17(21)10-13-6-4-9-16(13)18/h5,7-8,11-13,16H,4,6,9-10,18H2,1-3H3,(H,19,21)/t13-,16+/m0/s1. The normalized spacial score (nSPS) is 21.6. The van der Waals surface area contributed by atoms with E-state index in [2.05, 4.69) is 37.2 Å². The summed E-state index contributed by atoms with van der Waals surface area (Å²) in [6.07, 6.45) is 3.80. The third kappa shape index (κ3) is 4.21. The summed E-state index contributed by atoms with van der Waals surface area (Å²) in [7, 11) is 2.06. The van der Waals surface area contributed by atoms with Gasteiger partial charge in [0.05, 0.1) is 0 Å². The van der Waals surface area contributed by atoms with Gasteiger partial charge in [0.2, 0.25) is 5.91 Å². The van der Waals surface area contributed by atoms with Gasteiger partial charge in [-0.3, -0.25) is 4.79 Å². The second kappa shape index (κ2) is 6.94. The highest BCUT2D eigenvalue weighted by atomic mass is 16.1. The van der Waals surface area contributed by atoms with Crippen LogP contribution in [0.1, 0.15) is 39.5 Å². The van der Waals surface area contributed by atoms with Gasteiger partial charge < -0.3 is 16.0 Å². The van der Waals surface area contributed by atoms with Gasteiger partial charge >= 0.3 is 0 Å². The highest BCUT2D eigenvalue weighted by Gasteiger charge is 2.26. The van der Waals surface area contributed by atoms with E-state index in [9.17, 15) is 4.79 Å². The molecule has 0 aromatic heterocycles. The van der Waals surface area contributed by atoms with Crippen molar-refractivity contribution in [1.29, 1.82) is 0 Å². The van der Waals surface area contributed by atoms with Gasteiger partial charge in [0.1, 0.15) is 0 Å². The Balaban J connectivity index is 1.96. The Morgan fingerprint density at radius 1 is 1.43 bits per heavy atom. The van der Waals surface area contributed by atoms with Gasteiger partial charge in [-0.25, -0.2) is 0 Å². The highest BCUT2D eigenvalue weighted by Crippen LogP contribution is 2.27. The molecule has 0 radical (unpaired) electrons. The molecule has 3 N–H and O–H groups in total. The molecule has 4 heteroatoms. The predicted molar refractivity (Wildman–Crippen MR) is 88.5 cm³/mol. The Labute approximate surface area is 127 Å². The number of carbonyl (C=O) groups is 1. The number of amides is 1. The van der Waals surface area contributed by atoms with Gasteiger partial charge in [0.15, 0.2) is 0 Å². The van der Waals surface area contributed by atoms with Gasteiger partial charge in [-0.15, -0.1) is 0 Å². The maximum atomic E-state index is 12.1. The Kier molecular flexibility index (Phi) is 5.23. The first kappa shape index (κ1) is 15.8. The van der Waals surface area contributed by atoms with Crippen molar-refractivity contribution < 1.29 is 4.79 Å². The second-order valence-electron chi connectivity index (χ2n) is 6.36. The molecule has 0 aliphatic heterocycles. The Hall–Kier alpha value is -1.55. The minimum atomic E-state index is 0.0710. The van der Waals surface area contributed by atoms with Crippen molar-refractivity contribution in [2.45, 2.75) is 51.6 Å². The Bertz CT molecular complexity index is 487. The second-order valence-corrected chi connectivity index (χ2v) is 6.36. The third-order valence-corrected chi connectivity index (χ3v) is 4.48. The fourth-order valence-corrected chi connectivity index (χ4v) is 2.87. The van der Waals surface area contributed by atoms with E-state index in [1.165, 1.54) is 0 Å². The lowest BCUT2D eigenvalue weighted by Crippen LogP contribution is -2.28. The molecule has 2 rings (SSSR count). The maximum Gasteiger partial charge on any atom is 0.224 e. The summed E-state index contributed by atoms with van der Waals surface area (Å²) in [5.74, 6) is 0.410. The predicted octanol–water partition coefficient (Wildman–Crippen LogP) is 2.99. The third-order valence-electron chi connectivity index (χ3n) is 4.48. The van der Waals surface area contributed by atoms with Crippen molar-refractivity contribution in [2.75, 3.05) is 17.3 Å². The van der Waals surface area contributed by atoms with Crippen LogP contribution in [0.2, 0.25) is 0 Å². The zero-order valence-corrected chi connectivity index (χ0v) is 13.3. The number of benzene rings is 1. The summed E-state index contributed by atoms with van der Waals surface area (Å²) in [5.41, 5.74) is 8.00. The van der Waals surface area contributed by atoms with Crippen molar-refractivity contribution in [2.24, 2.45) is 11.7 Å². The molecule has 2 atom stereocenters. The Morgan fingerprint density at radius 3 is 2.81 bits per heavy atom. The molecule has 1 saturated carbocycles. The molecule has 116 valence electrons. The van der Waals surface area contributed by atoms with Crippen LogP contribution in [0.25, 0.3) is 0 Å². The van der Waals surface area contributed by atoms with Crippen molar-refractivity contribution in [1.82, 2.24) is 0 Å². The number of rotatable bonds is 5. The molecule has 1 fully saturated rings. The molecule has 1 aliphatic rings.